The van der Waals surface area contributed by atoms with Crippen molar-refractivity contribution in [3.63, 3.8) is 0 Å². The second-order valence-corrected chi connectivity index (χ2v) is 2.93. The number of nitrogens with zero attached hydrogens (tertiary/aromatic N) is 1. The van der Waals surface area contributed by atoms with E-state index in [1.807, 2.05) is 0 Å². The van der Waals surface area contributed by atoms with Gasteiger partial charge in [0.2, 0.25) is 0 Å². The highest BCUT2D eigenvalue weighted by atomic mass is 14.8. The molecule has 2 nitrogen and oxygen atoms in total. The van der Waals surface area contributed by atoms with Crippen LogP contribution in [0.4, 0.5) is 0 Å². The number of nitrogens with one attached hydrogen (secondary N) is 1. The van der Waals surface area contributed by atoms with Gasteiger partial charge in [0.15, 0.2) is 0 Å². The largest absolute Gasteiger partial charge is 0.312 e. The summed E-state index contributed by atoms with van der Waals surface area (Å²) < 4.78 is 0. The zero-order chi connectivity index (χ0) is 8.69. The molecule has 2 heteroatoms. The van der Waals surface area contributed by atoms with Crippen molar-refractivity contribution in [2.75, 3.05) is 13.1 Å². The van der Waals surface area contributed by atoms with E-state index in [2.05, 4.69) is 31.8 Å². The van der Waals surface area contributed by atoms with E-state index in [4.69, 9.17) is 5.26 Å². The molecule has 0 aliphatic heterocycles. The topological polar surface area (TPSA) is 35.8 Å². The molecule has 1 N–H and O–H groups in total. The van der Waals surface area contributed by atoms with Gasteiger partial charge >= 0.3 is 0 Å². The maximum Gasteiger partial charge on any atom is 0.0671 e. The second-order valence-electron chi connectivity index (χ2n) is 2.93. The van der Waals surface area contributed by atoms with Crippen LogP contribution in [0.3, 0.4) is 0 Å². The van der Waals surface area contributed by atoms with E-state index in [0.29, 0.717) is 5.92 Å². The fourth-order valence-corrected chi connectivity index (χ4v) is 0.771. The van der Waals surface area contributed by atoms with E-state index in [-0.39, 0.29) is 5.92 Å². The predicted octanol–water partition coefficient (Wildman–Crippen LogP) is 1.56. The van der Waals surface area contributed by atoms with E-state index in [9.17, 15) is 0 Å². The van der Waals surface area contributed by atoms with Crippen LogP contribution in [0.15, 0.2) is 12.7 Å². The molecule has 0 aromatic heterocycles. The Hall–Kier alpha value is -0.810. The molecule has 0 aromatic rings. The fraction of sp³-hybridized carbons (Fsp3) is 0.667. The molecule has 0 aliphatic carbocycles. The molecule has 0 radical (unpaired) electrons. The fourth-order valence-electron chi connectivity index (χ4n) is 0.771. The summed E-state index contributed by atoms with van der Waals surface area (Å²) in [7, 11) is 0. The van der Waals surface area contributed by atoms with Crippen molar-refractivity contribution in [3.05, 3.63) is 12.7 Å². The summed E-state index contributed by atoms with van der Waals surface area (Å²) in [4.78, 5) is 0. The Morgan fingerprint density at radius 2 is 2.27 bits per heavy atom. The van der Waals surface area contributed by atoms with Crippen LogP contribution < -0.4 is 5.32 Å². The third-order valence-electron chi connectivity index (χ3n) is 1.62. The van der Waals surface area contributed by atoms with Crippen molar-refractivity contribution in [1.29, 1.82) is 5.26 Å². The molecule has 0 aliphatic rings. The molecule has 1 atom stereocenters. The molecule has 0 spiro atoms. The molecular formula is C9H16N2. The Bertz CT molecular complexity index is 144. The van der Waals surface area contributed by atoms with Crippen molar-refractivity contribution < 1.29 is 0 Å². The molecule has 0 aromatic carbocycles. The van der Waals surface area contributed by atoms with E-state index >= 15 is 0 Å². The minimum Gasteiger partial charge on any atom is -0.312 e. The van der Waals surface area contributed by atoms with E-state index in [0.717, 1.165) is 13.1 Å². The lowest BCUT2D eigenvalue weighted by molar-refractivity contribution is 0.451. The van der Waals surface area contributed by atoms with Crippen LogP contribution in [-0.4, -0.2) is 13.1 Å². The van der Waals surface area contributed by atoms with Crippen LogP contribution in [0.25, 0.3) is 0 Å². The highest BCUT2D eigenvalue weighted by molar-refractivity contribution is 4.87. The quantitative estimate of drug-likeness (QED) is 0.479. The lowest BCUT2D eigenvalue weighted by atomic mass is 9.98. The first-order valence-electron chi connectivity index (χ1n) is 3.93. The van der Waals surface area contributed by atoms with Crippen molar-refractivity contribution in [3.8, 4) is 6.07 Å². The number of nitriles is 1. The van der Waals surface area contributed by atoms with Gasteiger partial charge in [0.05, 0.1) is 12.0 Å². The Kier molecular flexibility index (Phi) is 5.50. The Labute approximate surface area is 68.9 Å². The molecule has 11 heavy (non-hydrogen) atoms. The summed E-state index contributed by atoms with van der Waals surface area (Å²) >= 11 is 0. The molecule has 1 unspecified atom stereocenters. The van der Waals surface area contributed by atoms with Crippen LogP contribution in [0.2, 0.25) is 0 Å². The standard InChI is InChI=1S/C9H16N2/c1-4-5-11-7-9(6-10)8(2)3/h4,8-9,11H,1,5,7H2,2-3H3. The van der Waals surface area contributed by atoms with Gasteiger partial charge in [0, 0.05) is 13.1 Å². The lowest BCUT2D eigenvalue weighted by Crippen LogP contribution is -2.25. The molecule has 0 amide bonds. The Morgan fingerprint density at radius 1 is 1.64 bits per heavy atom. The summed E-state index contributed by atoms with van der Waals surface area (Å²) in [6.45, 7) is 9.25. The van der Waals surface area contributed by atoms with Gasteiger partial charge in [-0.3, -0.25) is 0 Å². The summed E-state index contributed by atoms with van der Waals surface area (Å²) in [5.41, 5.74) is 0. The first-order valence-corrected chi connectivity index (χ1v) is 3.93. The molecule has 0 fully saturated rings. The maximum absolute atomic E-state index is 8.68. The first kappa shape index (κ1) is 10.2. The SMILES string of the molecule is C=CCNCC(C#N)C(C)C. The van der Waals surface area contributed by atoms with Crippen LogP contribution in [0, 0.1) is 23.2 Å². The molecule has 62 valence electrons. The minimum atomic E-state index is 0.120. The van der Waals surface area contributed by atoms with E-state index < -0.39 is 0 Å². The zero-order valence-electron chi connectivity index (χ0n) is 7.30. The average Bonchev–Trinajstić information content (AvgIpc) is 1.97. The van der Waals surface area contributed by atoms with Gasteiger partial charge in [0.25, 0.3) is 0 Å². The van der Waals surface area contributed by atoms with Crippen LogP contribution in [0.1, 0.15) is 13.8 Å². The van der Waals surface area contributed by atoms with Gasteiger partial charge in [-0.25, -0.2) is 0 Å². The normalized spacial score (nSPS) is 12.5. The summed E-state index contributed by atoms with van der Waals surface area (Å²) in [6, 6.07) is 2.26. The lowest BCUT2D eigenvalue weighted by Gasteiger charge is -2.12. The van der Waals surface area contributed by atoms with Crippen LogP contribution in [-0.2, 0) is 0 Å². The number of hydrogen-bond acceptors (Lipinski definition) is 2. The highest BCUT2D eigenvalue weighted by Crippen LogP contribution is 2.07. The first-order chi connectivity index (χ1) is 5.22. The molecule has 0 bridgehead atoms. The summed E-state index contributed by atoms with van der Waals surface area (Å²) in [5.74, 6) is 0.548. The molecule has 0 rings (SSSR count). The van der Waals surface area contributed by atoms with Crippen molar-refractivity contribution in [2.45, 2.75) is 13.8 Å². The van der Waals surface area contributed by atoms with E-state index in [1.54, 1.807) is 6.08 Å². The molecule has 0 saturated carbocycles. The minimum absolute atomic E-state index is 0.120. The van der Waals surface area contributed by atoms with Gasteiger partial charge < -0.3 is 5.32 Å². The number of rotatable bonds is 5. The maximum atomic E-state index is 8.68. The van der Waals surface area contributed by atoms with Gasteiger partial charge in [-0.1, -0.05) is 19.9 Å². The highest BCUT2D eigenvalue weighted by Gasteiger charge is 2.10. The van der Waals surface area contributed by atoms with Crippen LogP contribution >= 0.6 is 0 Å². The smallest absolute Gasteiger partial charge is 0.0671 e. The average molecular weight is 152 g/mol. The zero-order valence-corrected chi connectivity index (χ0v) is 7.30. The summed E-state index contributed by atoms with van der Waals surface area (Å²) in [5, 5.41) is 11.8. The van der Waals surface area contributed by atoms with Crippen molar-refractivity contribution in [1.82, 2.24) is 5.32 Å². The van der Waals surface area contributed by atoms with Gasteiger partial charge in [-0.05, 0) is 5.92 Å². The third kappa shape index (κ3) is 4.58. The summed E-state index contributed by atoms with van der Waals surface area (Å²) in [6.07, 6.45) is 1.80. The third-order valence-corrected chi connectivity index (χ3v) is 1.62. The number of hydrogen-bond donors (Lipinski definition) is 1. The molecule has 0 heterocycles. The van der Waals surface area contributed by atoms with E-state index in [1.165, 1.54) is 0 Å². The Balaban J connectivity index is 3.54. The van der Waals surface area contributed by atoms with Crippen molar-refractivity contribution in [2.24, 2.45) is 11.8 Å². The van der Waals surface area contributed by atoms with Gasteiger partial charge in [-0.2, -0.15) is 5.26 Å². The van der Waals surface area contributed by atoms with Gasteiger partial charge in [0.1, 0.15) is 0 Å². The van der Waals surface area contributed by atoms with Gasteiger partial charge in [-0.15, -0.1) is 6.58 Å². The monoisotopic (exact) mass is 152 g/mol. The predicted molar refractivity (Wildman–Crippen MR) is 47.0 cm³/mol. The van der Waals surface area contributed by atoms with Crippen LogP contribution in [0.5, 0.6) is 0 Å². The Morgan fingerprint density at radius 3 is 2.64 bits per heavy atom. The molecule has 0 saturated heterocycles. The second kappa shape index (κ2) is 5.94. The van der Waals surface area contributed by atoms with Crippen molar-refractivity contribution >= 4 is 0 Å². The molecular weight excluding hydrogens is 136 g/mol.